The van der Waals surface area contributed by atoms with E-state index in [1.165, 1.54) is 7.11 Å². The summed E-state index contributed by atoms with van der Waals surface area (Å²) in [5.74, 6) is -0.489. The molecule has 7 heteroatoms. The lowest BCUT2D eigenvalue weighted by molar-refractivity contribution is -0.143. The summed E-state index contributed by atoms with van der Waals surface area (Å²) in [5, 5.41) is 9.39. The normalized spacial score (nSPS) is 15.1. The summed E-state index contributed by atoms with van der Waals surface area (Å²) < 4.78 is 11.0. The predicted molar refractivity (Wildman–Crippen MR) is 94.7 cm³/mol. The predicted octanol–water partition coefficient (Wildman–Crippen LogP) is 3.46. The summed E-state index contributed by atoms with van der Waals surface area (Å²) in [7, 11) is 1.50. The third-order valence-electron chi connectivity index (χ3n) is 4.35. The molecule has 1 aromatic carbocycles. The number of carbonyl (C=O) groups excluding carboxylic acids is 1. The van der Waals surface area contributed by atoms with Crippen LogP contribution in [-0.2, 0) is 4.79 Å². The number of carboxylic acids is 1. The maximum absolute atomic E-state index is 12.7. The van der Waals surface area contributed by atoms with Crippen molar-refractivity contribution in [3.8, 4) is 11.5 Å². The van der Waals surface area contributed by atoms with E-state index < -0.39 is 5.97 Å². The molecule has 1 heterocycles. The average Bonchev–Trinajstić information content (AvgIpc) is 2.62. The van der Waals surface area contributed by atoms with Gasteiger partial charge in [-0.25, -0.2) is 0 Å². The molecule has 0 aromatic heterocycles. The van der Waals surface area contributed by atoms with Crippen molar-refractivity contribution >= 4 is 23.5 Å². The number of carboxylic acid groups (broad SMARTS) is 1. The molecule has 1 saturated heterocycles. The van der Waals surface area contributed by atoms with Crippen molar-refractivity contribution < 1.29 is 24.2 Å². The number of amides is 1. The monoisotopic (exact) mass is 369 g/mol. The Morgan fingerprint density at radius 1 is 1.32 bits per heavy atom. The molecular formula is C18H24ClNO5. The Kier molecular flexibility index (Phi) is 6.93. The van der Waals surface area contributed by atoms with Gasteiger partial charge in [0.15, 0.2) is 11.5 Å². The second-order valence-corrected chi connectivity index (χ2v) is 6.50. The topological polar surface area (TPSA) is 76.1 Å². The van der Waals surface area contributed by atoms with Gasteiger partial charge in [-0.05, 0) is 31.4 Å². The van der Waals surface area contributed by atoms with Gasteiger partial charge >= 0.3 is 5.97 Å². The van der Waals surface area contributed by atoms with Gasteiger partial charge in [-0.2, -0.15) is 0 Å². The largest absolute Gasteiger partial charge is 0.493 e. The van der Waals surface area contributed by atoms with Crippen LogP contribution in [0.5, 0.6) is 11.5 Å². The SMILES string of the molecule is CCCCOc1c(Cl)cc(C(=O)N2CCC(C(=O)O)CC2)cc1OC. The summed E-state index contributed by atoms with van der Waals surface area (Å²) in [6.45, 7) is 3.44. The first-order valence-electron chi connectivity index (χ1n) is 8.50. The Hall–Kier alpha value is -1.95. The van der Waals surface area contributed by atoms with Crippen LogP contribution in [0.25, 0.3) is 0 Å². The summed E-state index contributed by atoms with van der Waals surface area (Å²) in [6, 6.07) is 3.20. The molecule has 1 aliphatic heterocycles. The number of hydrogen-bond acceptors (Lipinski definition) is 4. The van der Waals surface area contributed by atoms with Crippen molar-refractivity contribution in [2.24, 2.45) is 5.92 Å². The van der Waals surface area contributed by atoms with Crippen molar-refractivity contribution in [1.29, 1.82) is 0 Å². The number of piperidine rings is 1. The standard InChI is InChI=1S/C18H24ClNO5/c1-3-4-9-25-16-14(19)10-13(11-15(16)24-2)17(21)20-7-5-12(6-8-20)18(22)23/h10-12H,3-9H2,1-2H3,(H,22,23). The Labute approximate surface area is 152 Å². The van der Waals surface area contributed by atoms with Crippen molar-refractivity contribution in [3.05, 3.63) is 22.7 Å². The molecule has 1 fully saturated rings. The smallest absolute Gasteiger partial charge is 0.306 e. The molecule has 0 atom stereocenters. The minimum Gasteiger partial charge on any atom is -0.493 e. The fraction of sp³-hybridized carbons (Fsp3) is 0.556. The van der Waals surface area contributed by atoms with Crippen LogP contribution < -0.4 is 9.47 Å². The van der Waals surface area contributed by atoms with Gasteiger partial charge in [0.1, 0.15) is 0 Å². The minimum atomic E-state index is -0.801. The van der Waals surface area contributed by atoms with Crippen LogP contribution >= 0.6 is 11.6 Å². The highest BCUT2D eigenvalue weighted by Gasteiger charge is 2.28. The summed E-state index contributed by atoms with van der Waals surface area (Å²) >= 11 is 6.29. The number of nitrogens with zero attached hydrogens (tertiary/aromatic N) is 1. The second kappa shape index (κ2) is 8.94. The molecule has 0 spiro atoms. The fourth-order valence-electron chi connectivity index (χ4n) is 2.81. The maximum atomic E-state index is 12.7. The van der Waals surface area contributed by atoms with Gasteiger partial charge in [0, 0.05) is 18.7 Å². The Balaban J connectivity index is 2.12. The van der Waals surface area contributed by atoms with E-state index in [9.17, 15) is 9.59 Å². The molecule has 6 nitrogen and oxygen atoms in total. The van der Waals surface area contributed by atoms with Crippen molar-refractivity contribution in [2.75, 3.05) is 26.8 Å². The van der Waals surface area contributed by atoms with Crippen LogP contribution in [0.1, 0.15) is 43.0 Å². The van der Waals surface area contributed by atoms with E-state index in [-0.39, 0.29) is 11.8 Å². The van der Waals surface area contributed by atoms with Gasteiger partial charge in [-0.3, -0.25) is 9.59 Å². The van der Waals surface area contributed by atoms with Crippen LogP contribution in [0, 0.1) is 5.92 Å². The third kappa shape index (κ3) is 4.78. The summed E-state index contributed by atoms with van der Waals surface area (Å²) in [4.78, 5) is 25.4. The lowest BCUT2D eigenvalue weighted by Gasteiger charge is -2.30. The van der Waals surface area contributed by atoms with Crippen LogP contribution in [0.15, 0.2) is 12.1 Å². The zero-order valence-corrected chi connectivity index (χ0v) is 15.3. The molecule has 0 radical (unpaired) electrons. The van der Waals surface area contributed by atoms with E-state index in [1.807, 2.05) is 0 Å². The number of ether oxygens (including phenoxy) is 2. The zero-order chi connectivity index (χ0) is 18.4. The first-order chi connectivity index (χ1) is 12.0. The fourth-order valence-corrected chi connectivity index (χ4v) is 3.08. The summed E-state index contributed by atoms with van der Waals surface area (Å²) in [6.07, 6.45) is 2.83. The molecule has 0 bridgehead atoms. The van der Waals surface area contributed by atoms with E-state index in [1.54, 1.807) is 17.0 Å². The van der Waals surface area contributed by atoms with E-state index in [0.29, 0.717) is 54.6 Å². The molecule has 0 unspecified atom stereocenters. The first kappa shape index (κ1) is 19.4. The molecule has 25 heavy (non-hydrogen) atoms. The van der Waals surface area contributed by atoms with Gasteiger partial charge in [0.05, 0.1) is 24.7 Å². The maximum Gasteiger partial charge on any atom is 0.306 e. The lowest BCUT2D eigenvalue weighted by Crippen LogP contribution is -2.40. The first-order valence-corrected chi connectivity index (χ1v) is 8.88. The molecule has 1 amide bonds. The zero-order valence-electron chi connectivity index (χ0n) is 14.6. The lowest BCUT2D eigenvalue weighted by atomic mass is 9.96. The minimum absolute atomic E-state index is 0.177. The highest BCUT2D eigenvalue weighted by molar-refractivity contribution is 6.32. The van der Waals surface area contributed by atoms with Gasteiger partial charge in [0.2, 0.25) is 0 Å². The van der Waals surface area contributed by atoms with Crippen molar-refractivity contribution in [1.82, 2.24) is 4.90 Å². The average molecular weight is 370 g/mol. The van der Waals surface area contributed by atoms with Gasteiger partial charge in [-0.15, -0.1) is 0 Å². The van der Waals surface area contributed by atoms with Gasteiger partial charge in [0.25, 0.3) is 5.91 Å². The van der Waals surface area contributed by atoms with Crippen LogP contribution in [0.4, 0.5) is 0 Å². The van der Waals surface area contributed by atoms with Crippen LogP contribution in [0.3, 0.4) is 0 Å². The van der Waals surface area contributed by atoms with Crippen LogP contribution in [0.2, 0.25) is 5.02 Å². The number of likely N-dealkylation sites (tertiary alicyclic amines) is 1. The van der Waals surface area contributed by atoms with Crippen molar-refractivity contribution in [3.63, 3.8) is 0 Å². The molecule has 0 aliphatic carbocycles. The van der Waals surface area contributed by atoms with E-state index in [0.717, 1.165) is 12.8 Å². The quantitative estimate of drug-likeness (QED) is 0.745. The third-order valence-corrected chi connectivity index (χ3v) is 4.63. The molecular weight excluding hydrogens is 346 g/mol. The van der Waals surface area contributed by atoms with Crippen LogP contribution in [-0.4, -0.2) is 48.7 Å². The second-order valence-electron chi connectivity index (χ2n) is 6.10. The molecule has 1 aromatic rings. The highest BCUT2D eigenvalue weighted by Crippen LogP contribution is 2.37. The Morgan fingerprint density at radius 3 is 2.56 bits per heavy atom. The number of unbranched alkanes of at least 4 members (excludes halogenated alkanes) is 1. The highest BCUT2D eigenvalue weighted by atomic mass is 35.5. The number of methoxy groups -OCH3 is 1. The molecule has 1 aliphatic rings. The van der Waals surface area contributed by atoms with Gasteiger partial charge in [-0.1, -0.05) is 24.9 Å². The molecule has 1 N–H and O–H groups in total. The number of rotatable bonds is 7. The number of hydrogen-bond donors (Lipinski definition) is 1. The van der Waals surface area contributed by atoms with E-state index >= 15 is 0 Å². The van der Waals surface area contributed by atoms with Crippen molar-refractivity contribution in [2.45, 2.75) is 32.6 Å². The Bertz CT molecular complexity index is 626. The van der Waals surface area contributed by atoms with E-state index in [4.69, 9.17) is 26.2 Å². The molecule has 0 saturated carbocycles. The molecule has 138 valence electrons. The summed E-state index contributed by atoms with van der Waals surface area (Å²) in [5.41, 5.74) is 0.415. The van der Waals surface area contributed by atoms with E-state index in [2.05, 4.69) is 6.92 Å². The molecule has 2 rings (SSSR count). The number of benzene rings is 1. The number of halogens is 1. The number of carbonyl (C=O) groups is 2. The van der Waals surface area contributed by atoms with Gasteiger partial charge < -0.3 is 19.5 Å². The Morgan fingerprint density at radius 2 is 2.00 bits per heavy atom. The number of aliphatic carboxylic acids is 1.